The molecule has 1 aliphatic rings. The maximum absolute atomic E-state index is 13.1. The van der Waals surface area contributed by atoms with Gasteiger partial charge in [0.2, 0.25) is 0 Å². The van der Waals surface area contributed by atoms with Crippen molar-refractivity contribution in [2.75, 3.05) is 31.5 Å². The number of carbonyl (C=O) groups is 1. The van der Waals surface area contributed by atoms with Crippen molar-refractivity contribution in [3.63, 3.8) is 0 Å². The molecule has 31 heavy (non-hydrogen) atoms. The highest BCUT2D eigenvalue weighted by molar-refractivity contribution is 7.92. The topological polar surface area (TPSA) is 84.9 Å². The molecule has 0 unspecified atom stereocenters. The first-order valence-electron chi connectivity index (χ1n) is 10.2. The van der Waals surface area contributed by atoms with Gasteiger partial charge in [-0.25, -0.2) is 8.42 Å². The van der Waals surface area contributed by atoms with E-state index in [-0.39, 0.29) is 16.4 Å². The van der Waals surface area contributed by atoms with Gasteiger partial charge in [0.25, 0.3) is 15.9 Å². The van der Waals surface area contributed by atoms with Gasteiger partial charge in [-0.05, 0) is 61.2 Å². The second kappa shape index (κ2) is 9.87. The number of anilines is 1. The summed E-state index contributed by atoms with van der Waals surface area (Å²) >= 11 is 0. The predicted molar refractivity (Wildman–Crippen MR) is 120 cm³/mol. The van der Waals surface area contributed by atoms with Crippen molar-refractivity contribution in [1.82, 2.24) is 4.90 Å². The van der Waals surface area contributed by atoms with Gasteiger partial charge in [0.05, 0.1) is 17.6 Å². The summed E-state index contributed by atoms with van der Waals surface area (Å²) in [4.78, 5) is 14.8. The number of methoxy groups -OCH3 is 1. The summed E-state index contributed by atoms with van der Waals surface area (Å²) in [6, 6.07) is 10.9. The number of sulfonamides is 1. The Kier molecular flexibility index (Phi) is 7.22. The van der Waals surface area contributed by atoms with Gasteiger partial charge < -0.3 is 14.4 Å². The second-order valence-electron chi connectivity index (χ2n) is 7.57. The first-order chi connectivity index (χ1) is 14.8. The molecule has 3 rings (SSSR count). The molecule has 2 aromatic carbocycles. The fourth-order valence-electron chi connectivity index (χ4n) is 3.39. The Morgan fingerprint density at radius 1 is 1.19 bits per heavy atom. The minimum Gasteiger partial charge on any atom is -0.496 e. The highest BCUT2D eigenvalue weighted by atomic mass is 32.2. The van der Waals surface area contributed by atoms with Gasteiger partial charge in [0.1, 0.15) is 18.1 Å². The van der Waals surface area contributed by atoms with Crippen LogP contribution in [0.2, 0.25) is 0 Å². The van der Waals surface area contributed by atoms with Gasteiger partial charge >= 0.3 is 0 Å². The Balaban J connectivity index is 1.82. The summed E-state index contributed by atoms with van der Waals surface area (Å²) in [6.45, 7) is 7.42. The van der Waals surface area contributed by atoms with E-state index in [4.69, 9.17) is 9.47 Å². The number of hydrogen-bond donors (Lipinski definition) is 1. The van der Waals surface area contributed by atoms with Crippen LogP contribution in [0.1, 0.15) is 30.1 Å². The zero-order chi connectivity index (χ0) is 22.4. The average Bonchev–Trinajstić information content (AvgIpc) is 2.78. The molecule has 0 radical (unpaired) electrons. The van der Waals surface area contributed by atoms with Crippen molar-refractivity contribution in [3.8, 4) is 11.5 Å². The standard InChI is InChI=1S/C23H28N2O5S/c1-4-15-30-19-7-5-18(6-8-19)24-31(27,28)20-9-10-22(29-3)21(16-20)23(26)25-13-11-17(2)12-14-25/h4-10,16-17,24H,1,11-15H2,2-3H3. The van der Waals surface area contributed by atoms with Crippen molar-refractivity contribution in [1.29, 1.82) is 0 Å². The van der Waals surface area contributed by atoms with Crippen LogP contribution in [-0.2, 0) is 10.0 Å². The highest BCUT2D eigenvalue weighted by Crippen LogP contribution is 2.27. The third-order valence-electron chi connectivity index (χ3n) is 5.26. The van der Waals surface area contributed by atoms with E-state index in [9.17, 15) is 13.2 Å². The minimum atomic E-state index is -3.90. The number of nitrogens with zero attached hydrogens (tertiary/aromatic N) is 1. The molecule has 1 saturated heterocycles. The van der Waals surface area contributed by atoms with E-state index in [0.29, 0.717) is 42.8 Å². The van der Waals surface area contributed by atoms with E-state index in [0.717, 1.165) is 12.8 Å². The molecule has 1 N–H and O–H groups in total. The van der Waals surface area contributed by atoms with E-state index in [1.807, 2.05) is 0 Å². The molecule has 1 fully saturated rings. The monoisotopic (exact) mass is 444 g/mol. The molecule has 7 nitrogen and oxygen atoms in total. The third-order valence-corrected chi connectivity index (χ3v) is 6.64. The van der Waals surface area contributed by atoms with E-state index < -0.39 is 10.0 Å². The van der Waals surface area contributed by atoms with Gasteiger partial charge in [-0.2, -0.15) is 0 Å². The Morgan fingerprint density at radius 2 is 1.87 bits per heavy atom. The van der Waals surface area contributed by atoms with E-state index in [2.05, 4.69) is 18.2 Å². The molecule has 1 aliphatic heterocycles. The molecular formula is C23H28N2O5S. The summed E-state index contributed by atoms with van der Waals surface area (Å²) < 4.78 is 39.1. The van der Waals surface area contributed by atoms with Crippen LogP contribution in [0.5, 0.6) is 11.5 Å². The number of rotatable bonds is 8. The second-order valence-corrected chi connectivity index (χ2v) is 9.25. The number of piperidine rings is 1. The Labute approximate surface area is 183 Å². The van der Waals surface area contributed by atoms with Crippen LogP contribution in [0, 0.1) is 5.92 Å². The number of hydrogen-bond acceptors (Lipinski definition) is 5. The van der Waals surface area contributed by atoms with E-state index in [1.165, 1.54) is 25.3 Å². The maximum Gasteiger partial charge on any atom is 0.261 e. The van der Waals surface area contributed by atoms with Crippen molar-refractivity contribution < 1.29 is 22.7 Å². The molecule has 0 spiro atoms. The highest BCUT2D eigenvalue weighted by Gasteiger charge is 2.26. The van der Waals surface area contributed by atoms with Crippen LogP contribution in [0.3, 0.4) is 0 Å². The normalized spacial score (nSPS) is 14.7. The first kappa shape index (κ1) is 22.7. The molecule has 0 aromatic heterocycles. The molecule has 0 bridgehead atoms. The zero-order valence-corrected chi connectivity index (χ0v) is 18.7. The Hall–Kier alpha value is -3.00. The quantitative estimate of drug-likeness (QED) is 0.624. The zero-order valence-electron chi connectivity index (χ0n) is 17.8. The van der Waals surface area contributed by atoms with Crippen LogP contribution >= 0.6 is 0 Å². The van der Waals surface area contributed by atoms with Gasteiger partial charge in [0.15, 0.2) is 0 Å². The summed E-state index contributed by atoms with van der Waals surface area (Å²) in [5, 5.41) is 0. The SMILES string of the molecule is C=CCOc1ccc(NS(=O)(=O)c2ccc(OC)c(C(=O)N3CCC(C)CC3)c2)cc1. The van der Waals surface area contributed by atoms with Crippen molar-refractivity contribution in [3.05, 3.63) is 60.7 Å². The fraction of sp³-hybridized carbons (Fsp3) is 0.348. The van der Waals surface area contributed by atoms with Crippen molar-refractivity contribution in [2.45, 2.75) is 24.7 Å². The molecule has 8 heteroatoms. The number of carbonyl (C=O) groups excluding carboxylic acids is 1. The largest absolute Gasteiger partial charge is 0.496 e. The number of ether oxygens (including phenoxy) is 2. The Bertz CT molecular complexity index is 1030. The van der Waals surface area contributed by atoms with Gasteiger partial charge in [-0.3, -0.25) is 9.52 Å². The predicted octanol–water partition coefficient (Wildman–Crippen LogP) is 3.93. The van der Waals surface area contributed by atoms with Crippen LogP contribution in [-0.4, -0.2) is 46.0 Å². The molecule has 2 aromatic rings. The number of benzene rings is 2. The van der Waals surface area contributed by atoms with Crippen molar-refractivity contribution >= 4 is 21.6 Å². The summed E-state index contributed by atoms with van der Waals surface area (Å²) in [5.41, 5.74) is 0.632. The lowest BCUT2D eigenvalue weighted by atomic mass is 9.98. The van der Waals surface area contributed by atoms with Crippen LogP contribution in [0.15, 0.2) is 60.0 Å². The number of likely N-dealkylation sites (tertiary alicyclic amines) is 1. The maximum atomic E-state index is 13.1. The third kappa shape index (κ3) is 5.58. The summed E-state index contributed by atoms with van der Waals surface area (Å²) in [7, 11) is -2.43. The van der Waals surface area contributed by atoms with Gasteiger partial charge in [0, 0.05) is 18.8 Å². The minimum absolute atomic E-state index is 0.00555. The number of nitrogens with one attached hydrogen (secondary N) is 1. The summed E-state index contributed by atoms with van der Waals surface area (Å²) in [5.74, 6) is 1.32. The van der Waals surface area contributed by atoms with Crippen molar-refractivity contribution in [2.24, 2.45) is 5.92 Å². The lowest BCUT2D eigenvalue weighted by Crippen LogP contribution is -2.38. The lowest BCUT2D eigenvalue weighted by molar-refractivity contribution is 0.0693. The molecule has 0 aliphatic carbocycles. The van der Waals surface area contributed by atoms with Gasteiger partial charge in [-0.15, -0.1) is 0 Å². The summed E-state index contributed by atoms with van der Waals surface area (Å²) in [6.07, 6.45) is 3.49. The van der Waals surface area contributed by atoms with Gasteiger partial charge in [-0.1, -0.05) is 19.6 Å². The molecule has 0 saturated carbocycles. The fourth-order valence-corrected chi connectivity index (χ4v) is 4.48. The molecule has 1 heterocycles. The van der Waals surface area contributed by atoms with Crippen LogP contribution in [0.4, 0.5) is 5.69 Å². The first-order valence-corrected chi connectivity index (χ1v) is 11.7. The molecule has 166 valence electrons. The molecular weight excluding hydrogens is 416 g/mol. The average molecular weight is 445 g/mol. The number of amides is 1. The Morgan fingerprint density at radius 3 is 2.48 bits per heavy atom. The smallest absolute Gasteiger partial charge is 0.261 e. The lowest BCUT2D eigenvalue weighted by Gasteiger charge is -2.30. The van der Waals surface area contributed by atoms with E-state index >= 15 is 0 Å². The van der Waals surface area contributed by atoms with Crippen LogP contribution < -0.4 is 14.2 Å². The van der Waals surface area contributed by atoms with E-state index in [1.54, 1.807) is 35.2 Å². The molecule has 0 atom stereocenters. The van der Waals surface area contributed by atoms with Crippen LogP contribution in [0.25, 0.3) is 0 Å². The molecule has 1 amide bonds.